The van der Waals surface area contributed by atoms with E-state index in [1.54, 1.807) is 0 Å². The highest BCUT2D eigenvalue weighted by Crippen LogP contribution is 2.23. The van der Waals surface area contributed by atoms with E-state index in [2.05, 4.69) is 26.6 Å². The molecule has 1 unspecified atom stereocenters. The average molecular weight is 387 g/mol. The number of rotatable bonds is 5. The normalized spacial score (nSPS) is 12.3. The molecule has 0 saturated carbocycles. The van der Waals surface area contributed by atoms with Gasteiger partial charge in [-0.2, -0.15) is 0 Å². The largest absolute Gasteiger partial charge is 0.459 e. The Bertz CT molecular complexity index is 840. The summed E-state index contributed by atoms with van der Waals surface area (Å²) in [5, 5.41) is 7.18. The van der Waals surface area contributed by atoms with E-state index in [1.807, 2.05) is 62.4 Å². The number of carbonyl (C=O) groups excluding carboxylic acids is 1. The van der Waals surface area contributed by atoms with E-state index in [1.165, 1.54) is 0 Å². The van der Waals surface area contributed by atoms with Crippen LogP contribution in [0.25, 0.3) is 11.0 Å². The van der Waals surface area contributed by atoms with Crippen molar-refractivity contribution in [1.82, 2.24) is 5.32 Å². The molecule has 0 radical (unpaired) electrons. The molecular formula is C19H19BrN2O2. The molecule has 1 amide bonds. The zero-order chi connectivity index (χ0) is 17.1. The summed E-state index contributed by atoms with van der Waals surface area (Å²) in [5.74, 6) is 0.743. The summed E-state index contributed by atoms with van der Waals surface area (Å²) in [6.45, 7) is 4.16. The number of fused-ring (bicyclic) bond motifs is 1. The Morgan fingerprint density at radius 1 is 1.21 bits per heavy atom. The number of anilines is 1. The first-order chi connectivity index (χ1) is 11.5. The Balaban J connectivity index is 1.59. The molecule has 0 aliphatic heterocycles. The summed E-state index contributed by atoms with van der Waals surface area (Å²) in [4.78, 5) is 12.1. The number of nitrogens with one attached hydrogen (secondary N) is 2. The first-order valence-corrected chi connectivity index (χ1v) is 8.60. The van der Waals surface area contributed by atoms with Crippen LogP contribution in [0.3, 0.4) is 0 Å². The van der Waals surface area contributed by atoms with Crippen LogP contribution in [0, 0.1) is 6.92 Å². The highest BCUT2D eigenvalue weighted by atomic mass is 79.9. The van der Waals surface area contributed by atoms with E-state index in [0.717, 1.165) is 32.5 Å². The van der Waals surface area contributed by atoms with Crippen molar-refractivity contribution in [2.45, 2.75) is 19.9 Å². The van der Waals surface area contributed by atoms with E-state index in [0.29, 0.717) is 0 Å². The van der Waals surface area contributed by atoms with Crippen LogP contribution in [0.4, 0.5) is 5.69 Å². The van der Waals surface area contributed by atoms with Crippen molar-refractivity contribution in [1.29, 1.82) is 0 Å². The number of benzene rings is 2. The summed E-state index contributed by atoms with van der Waals surface area (Å²) in [5.41, 5.74) is 2.69. The van der Waals surface area contributed by atoms with Gasteiger partial charge in [-0.3, -0.25) is 10.1 Å². The number of carbonyl (C=O) groups is 1. The summed E-state index contributed by atoms with van der Waals surface area (Å²) in [7, 11) is 0. The molecule has 0 bridgehead atoms. The number of hydrogen-bond acceptors (Lipinski definition) is 3. The van der Waals surface area contributed by atoms with Gasteiger partial charge in [0, 0.05) is 15.5 Å². The van der Waals surface area contributed by atoms with Gasteiger partial charge in [0.15, 0.2) is 0 Å². The zero-order valence-corrected chi connectivity index (χ0v) is 15.2. The van der Waals surface area contributed by atoms with Crippen molar-refractivity contribution in [3.63, 3.8) is 0 Å². The molecule has 1 heterocycles. The fourth-order valence-electron chi connectivity index (χ4n) is 2.52. The van der Waals surface area contributed by atoms with E-state index in [4.69, 9.17) is 4.42 Å². The minimum atomic E-state index is -0.0802. The van der Waals surface area contributed by atoms with Crippen LogP contribution in [-0.4, -0.2) is 12.5 Å². The molecule has 1 aromatic heterocycles. The van der Waals surface area contributed by atoms with Crippen molar-refractivity contribution >= 4 is 38.5 Å². The number of aryl methyl sites for hydroxylation is 1. The number of hydrogen-bond donors (Lipinski definition) is 2. The van der Waals surface area contributed by atoms with Crippen molar-refractivity contribution in [2.24, 2.45) is 0 Å². The van der Waals surface area contributed by atoms with E-state index in [9.17, 15) is 4.79 Å². The Morgan fingerprint density at radius 2 is 2.00 bits per heavy atom. The van der Waals surface area contributed by atoms with Gasteiger partial charge < -0.3 is 9.73 Å². The third-order valence-corrected chi connectivity index (χ3v) is 4.40. The standard InChI is InChI=1S/C19H19BrN2O2/c1-12-9-15(20)7-8-16(12)22-19(23)11-21-13(2)18-10-14-5-3-4-6-17(14)24-18/h3-10,13,21H,11H2,1-2H3,(H,22,23). The molecule has 5 heteroatoms. The SMILES string of the molecule is Cc1cc(Br)ccc1NC(=O)CNC(C)c1cc2ccccc2o1. The van der Waals surface area contributed by atoms with Crippen molar-refractivity contribution in [2.75, 3.05) is 11.9 Å². The van der Waals surface area contributed by atoms with Gasteiger partial charge in [-0.1, -0.05) is 34.1 Å². The van der Waals surface area contributed by atoms with E-state index in [-0.39, 0.29) is 18.5 Å². The van der Waals surface area contributed by atoms with Crippen molar-refractivity contribution in [3.05, 3.63) is 64.3 Å². The molecule has 3 aromatic rings. The summed E-state index contributed by atoms with van der Waals surface area (Å²) < 4.78 is 6.81. The maximum Gasteiger partial charge on any atom is 0.238 e. The van der Waals surface area contributed by atoms with Gasteiger partial charge in [0.25, 0.3) is 0 Å². The topological polar surface area (TPSA) is 54.3 Å². The molecule has 0 aliphatic carbocycles. The average Bonchev–Trinajstić information content (AvgIpc) is 2.99. The van der Waals surface area contributed by atoms with Crippen LogP contribution < -0.4 is 10.6 Å². The summed E-state index contributed by atoms with van der Waals surface area (Å²) in [6, 6.07) is 15.6. The number of amides is 1. The molecule has 0 spiro atoms. The van der Waals surface area contributed by atoms with Gasteiger partial charge in [-0.25, -0.2) is 0 Å². The third kappa shape index (κ3) is 3.86. The molecule has 0 aliphatic rings. The molecule has 2 aromatic carbocycles. The van der Waals surface area contributed by atoms with Crippen molar-refractivity contribution < 1.29 is 9.21 Å². The predicted molar refractivity (Wildman–Crippen MR) is 100 cm³/mol. The molecule has 0 saturated heterocycles. The number of halogens is 1. The van der Waals surface area contributed by atoms with Crippen LogP contribution in [0.2, 0.25) is 0 Å². The lowest BCUT2D eigenvalue weighted by molar-refractivity contribution is -0.115. The zero-order valence-electron chi connectivity index (χ0n) is 13.6. The highest BCUT2D eigenvalue weighted by molar-refractivity contribution is 9.10. The number of furan rings is 1. The van der Waals surface area contributed by atoms with Gasteiger partial charge in [0.1, 0.15) is 11.3 Å². The van der Waals surface area contributed by atoms with Gasteiger partial charge >= 0.3 is 0 Å². The molecule has 124 valence electrons. The first kappa shape index (κ1) is 16.7. The lowest BCUT2D eigenvalue weighted by Gasteiger charge is -2.12. The highest BCUT2D eigenvalue weighted by Gasteiger charge is 2.13. The Hall–Kier alpha value is -2.11. The number of para-hydroxylation sites is 1. The third-order valence-electron chi connectivity index (χ3n) is 3.90. The maximum atomic E-state index is 12.1. The summed E-state index contributed by atoms with van der Waals surface area (Å²) in [6.07, 6.45) is 0. The monoisotopic (exact) mass is 386 g/mol. The minimum Gasteiger partial charge on any atom is -0.459 e. The Kier molecular flexibility index (Phi) is 5.02. The molecule has 2 N–H and O–H groups in total. The maximum absolute atomic E-state index is 12.1. The summed E-state index contributed by atoms with van der Waals surface area (Å²) >= 11 is 3.42. The van der Waals surface area contributed by atoms with Gasteiger partial charge in [-0.05, 0) is 49.7 Å². The second-order valence-corrected chi connectivity index (χ2v) is 6.71. The van der Waals surface area contributed by atoms with Crippen LogP contribution in [0.5, 0.6) is 0 Å². The molecule has 0 fully saturated rings. The molecule has 4 nitrogen and oxygen atoms in total. The molecule has 3 rings (SSSR count). The molecule has 1 atom stereocenters. The Labute approximate surface area is 149 Å². The van der Waals surface area contributed by atoms with Crippen LogP contribution >= 0.6 is 15.9 Å². The van der Waals surface area contributed by atoms with Gasteiger partial charge in [-0.15, -0.1) is 0 Å². The fourth-order valence-corrected chi connectivity index (χ4v) is 3.00. The van der Waals surface area contributed by atoms with Crippen molar-refractivity contribution in [3.8, 4) is 0 Å². The second-order valence-electron chi connectivity index (χ2n) is 5.80. The molecule has 24 heavy (non-hydrogen) atoms. The minimum absolute atomic E-state index is 0.0471. The van der Waals surface area contributed by atoms with Gasteiger partial charge in [0.2, 0.25) is 5.91 Å². The first-order valence-electron chi connectivity index (χ1n) is 7.81. The Morgan fingerprint density at radius 3 is 2.75 bits per heavy atom. The smallest absolute Gasteiger partial charge is 0.238 e. The lowest BCUT2D eigenvalue weighted by Crippen LogP contribution is -2.30. The molecular weight excluding hydrogens is 368 g/mol. The van der Waals surface area contributed by atoms with Crippen LogP contribution in [0.1, 0.15) is 24.3 Å². The van der Waals surface area contributed by atoms with Crippen LogP contribution in [-0.2, 0) is 4.79 Å². The lowest BCUT2D eigenvalue weighted by atomic mass is 10.2. The quantitative estimate of drug-likeness (QED) is 0.662. The second kappa shape index (κ2) is 7.20. The van der Waals surface area contributed by atoms with Crippen LogP contribution in [0.15, 0.2) is 57.4 Å². The van der Waals surface area contributed by atoms with E-state index >= 15 is 0 Å². The van der Waals surface area contributed by atoms with Gasteiger partial charge in [0.05, 0.1) is 12.6 Å². The predicted octanol–water partition coefficient (Wildman–Crippen LogP) is 4.79. The fraction of sp³-hybridized carbons (Fsp3) is 0.211. The van der Waals surface area contributed by atoms with E-state index < -0.39 is 0 Å².